The van der Waals surface area contributed by atoms with Crippen molar-refractivity contribution in [2.24, 2.45) is 9.98 Å². The molecular formula is C25H23BrN2. The summed E-state index contributed by atoms with van der Waals surface area (Å²) in [6.45, 7) is 6.38. The molecule has 0 fully saturated rings. The quantitative estimate of drug-likeness (QED) is 0.419. The third-order valence-electron chi connectivity index (χ3n) is 5.20. The number of aryl methyl sites for hydroxylation is 3. The van der Waals surface area contributed by atoms with Crippen LogP contribution in [0, 0.1) is 20.8 Å². The summed E-state index contributed by atoms with van der Waals surface area (Å²) in [5.41, 5.74) is 10.3. The number of aliphatic imine (C=N–C) groups is 2. The molecular weight excluding hydrogens is 408 g/mol. The van der Waals surface area contributed by atoms with Gasteiger partial charge in [-0.05, 0) is 67.3 Å². The molecule has 1 aliphatic heterocycles. The molecule has 140 valence electrons. The molecule has 0 unspecified atom stereocenters. The number of rotatable bonds is 3. The molecule has 1 aliphatic rings. The number of hydrogen-bond acceptors (Lipinski definition) is 2. The van der Waals surface area contributed by atoms with Gasteiger partial charge in [0.25, 0.3) is 0 Å². The lowest BCUT2D eigenvalue weighted by Crippen LogP contribution is -2.11. The van der Waals surface area contributed by atoms with Crippen molar-refractivity contribution in [1.82, 2.24) is 0 Å². The predicted molar refractivity (Wildman–Crippen MR) is 123 cm³/mol. The summed E-state index contributed by atoms with van der Waals surface area (Å²) in [5.74, 6) is 0. The lowest BCUT2D eigenvalue weighted by atomic mass is 9.99. The summed E-state index contributed by atoms with van der Waals surface area (Å²) in [6, 6.07) is 21.4. The Morgan fingerprint density at radius 1 is 0.786 bits per heavy atom. The first kappa shape index (κ1) is 18.8. The fraction of sp³-hybridized carbons (Fsp3) is 0.200. The first-order valence-corrected chi connectivity index (χ1v) is 10.3. The zero-order valence-electron chi connectivity index (χ0n) is 16.5. The molecule has 4 rings (SSSR count). The van der Waals surface area contributed by atoms with Crippen LogP contribution in [0.3, 0.4) is 0 Å². The van der Waals surface area contributed by atoms with E-state index in [-0.39, 0.29) is 0 Å². The Labute approximate surface area is 175 Å². The molecule has 0 N–H and O–H groups in total. The standard InChI is InChI=1S/C25H23BrN2/c1-16-4-6-19(7-5-16)14-22-15-23(20-8-10-21(26)11-9-20)28-25-13-18(3)17(2)12-24(25)27-22/h4-13H,14-15H2,1-3H3. The van der Waals surface area contributed by atoms with Gasteiger partial charge in [-0.2, -0.15) is 0 Å². The van der Waals surface area contributed by atoms with Crippen LogP contribution in [-0.2, 0) is 6.42 Å². The van der Waals surface area contributed by atoms with Gasteiger partial charge >= 0.3 is 0 Å². The number of fused-ring (bicyclic) bond motifs is 1. The van der Waals surface area contributed by atoms with E-state index in [9.17, 15) is 0 Å². The van der Waals surface area contributed by atoms with Crippen molar-refractivity contribution in [3.63, 3.8) is 0 Å². The summed E-state index contributed by atoms with van der Waals surface area (Å²) in [6.07, 6.45) is 1.59. The molecule has 0 amide bonds. The minimum atomic E-state index is 0.752. The molecule has 0 aromatic heterocycles. The van der Waals surface area contributed by atoms with Gasteiger partial charge in [-0.3, -0.25) is 9.98 Å². The molecule has 0 bridgehead atoms. The van der Waals surface area contributed by atoms with Crippen LogP contribution in [0.1, 0.15) is 34.2 Å². The predicted octanol–water partition coefficient (Wildman–Crippen LogP) is 7.21. The van der Waals surface area contributed by atoms with Gasteiger partial charge in [0.05, 0.1) is 17.1 Å². The van der Waals surface area contributed by atoms with Crippen molar-refractivity contribution in [1.29, 1.82) is 0 Å². The van der Waals surface area contributed by atoms with E-state index in [4.69, 9.17) is 9.98 Å². The maximum Gasteiger partial charge on any atom is 0.0892 e. The second kappa shape index (κ2) is 7.84. The molecule has 0 saturated heterocycles. The Morgan fingerprint density at radius 3 is 2.04 bits per heavy atom. The van der Waals surface area contributed by atoms with E-state index >= 15 is 0 Å². The van der Waals surface area contributed by atoms with Gasteiger partial charge in [-0.15, -0.1) is 0 Å². The van der Waals surface area contributed by atoms with Gasteiger partial charge in [0.15, 0.2) is 0 Å². The van der Waals surface area contributed by atoms with Gasteiger partial charge in [-0.25, -0.2) is 0 Å². The van der Waals surface area contributed by atoms with Gasteiger partial charge in [0.1, 0.15) is 0 Å². The molecule has 0 atom stereocenters. The van der Waals surface area contributed by atoms with Crippen LogP contribution in [0.15, 0.2) is 75.1 Å². The van der Waals surface area contributed by atoms with Gasteiger partial charge in [-0.1, -0.05) is 57.9 Å². The van der Waals surface area contributed by atoms with Gasteiger partial charge in [0, 0.05) is 23.0 Å². The highest BCUT2D eigenvalue weighted by atomic mass is 79.9. The van der Waals surface area contributed by atoms with E-state index in [2.05, 4.69) is 97.4 Å². The molecule has 0 aliphatic carbocycles. The minimum Gasteiger partial charge on any atom is -0.255 e. The summed E-state index contributed by atoms with van der Waals surface area (Å²) < 4.78 is 1.07. The summed E-state index contributed by atoms with van der Waals surface area (Å²) in [7, 11) is 0. The Morgan fingerprint density at radius 2 is 1.39 bits per heavy atom. The topological polar surface area (TPSA) is 24.7 Å². The van der Waals surface area contributed by atoms with Crippen LogP contribution in [0.4, 0.5) is 11.4 Å². The van der Waals surface area contributed by atoms with Crippen molar-refractivity contribution in [2.75, 3.05) is 0 Å². The molecule has 2 nitrogen and oxygen atoms in total. The van der Waals surface area contributed by atoms with Crippen molar-refractivity contribution < 1.29 is 0 Å². The second-order valence-electron chi connectivity index (χ2n) is 7.51. The monoisotopic (exact) mass is 430 g/mol. The molecule has 1 heterocycles. The molecule has 3 aromatic carbocycles. The van der Waals surface area contributed by atoms with E-state index in [0.717, 1.165) is 45.7 Å². The fourth-order valence-corrected chi connectivity index (χ4v) is 3.67. The Kier molecular flexibility index (Phi) is 5.27. The van der Waals surface area contributed by atoms with E-state index in [1.165, 1.54) is 22.3 Å². The average molecular weight is 431 g/mol. The maximum absolute atomic E-state index is 5.04. The van der Waals surface area contributed by atoms with Crippen LogP contribution < -0.4 is 0 Å². The van der Waals surface area contributed by atoms with E-state index in [0.29, 0.717) is 0 Å². The first-order valence-electron chi connectivity index (χ1n) is 9.55. The third kappa shape index (κ3) is 4.15. The molecule has 0 radical (unpaired) electrons. The Balaban J connectivity index is 1.79. The SMILES string of the molecule is Cc1ccc(CC2=Nc3cc(C)c(C)cc3N=C(c3ccc(Br)cc3)C2)cc1. The van der Waals surface area contributed by atoms with E-state index in [1.807, 2.05) is 0 Å². The Hall–Kier alpha value is -2.52. The van der Waals surface area contributed by atoms with Crippen molar-refractivity contribution in [3.05, 3.63) is 93.0 Å². The molecule has 3 heteroatoms. The highest BCUT2D eigenvalue weighted by Crippen LogP contribution is 2.35. The van der Waals surface area contributed by atoms with Gasteiger partial charge in [0.2, 0.25) is 0 Å². The first-order chi connectivity index (χ1) is 13.5. The van der Waals surface area contributed by atoms with Crippen molar-refractivity contribution >= 4 is 38.7 Å². The average Bonchev–Trinajstić information content (AvgIpc) is 2.84. The number of benzene rings is 3. The Bertz CT molecular complexity index is 1070. The third-order valence-corrected chi connectivity index (χ3v) is 5.73. The highest BCUT2D eigenvalue weighted by Gasteiger charge is 2.16. The van der Waals surface area contributed by atoms with Crippen LogP contribution in [-0.4, -0.2) is 11.4 Å². The zero-order valence-corrected chi connectivity index (χ0v) is 18.0. The summed E-state index contributed by atoms with van der Waals surface area (Å²) >= 11 is 3.53. The molecule has 28 heavy (non-hydrogen) atoms. The summed E-state index contributed by atoms with van der Waals surface area (Å²) in [4.78, 5) is 10.1. The fourth-order valence-electron chi connectivity index (χ4n) is 3.41. The normalized spacial score (nSPS) is 13.4. The van der Waals surface area contributed by atoms with E-state index < -0.39 is 0 Å². The smallest absolute Gasteiger partial charge is 0.0892 e. The number of nitrogens with zero attached hydrogens (tertiary/aromatic N) is 2. The van der Waals surface area contributed by atoms with E-state index in [1.54, 1.807) is 0 Å². The van der Waals surface area contributed by atoms with Crippen molar-refractivity contribution in [2.45, 2.75) is 33.6 Å². The van der Waals surface area contributed by atoms with Crippen LogP contribution in [0.2, 0.25) is 0 Å². The lowest BCUT2D eigenvalue weighted by molar-refractivity contribution is 1.25. The maximum atomic E-state index is 5.04. The minimum absolute atomic E-state index is 0.752. The lowest BCUT2D eigenvalue weighted by Gasteiger charge is -2.08. The van der Waals surface area contributed by atoms with Crippen LogP contribution >= 0.6 is 15.9 Å². The van der Waals surface area contributed by atoms with Crippen molar-refractivity contribution in [3.8, 4) is 0 Å². The highest BCUT2D eigenvalue weighted by molar-refractivity contribution is 9.10. The second-order valence-corrected chi connectivity index (χ2v) is 8.42. The summed E-state index contributed by atoms with van der Waals surface area (Å²) in [5, 5.41) is 0. The zero-order chi connectivity index (χ0) is 19.7. The molecule has 0 spiro atoms. The van der Waals surface area contributed by atoms with Crippen LogP contribution in [0.5, 0.6) is 0 Å². The van der Waals surface area contributed by atoms with Crippen LogP contribution in [0.25, 0.3) is 0 Å². The molecule has 3 aromatic rings. The number of halogens is 1. The molecule has 0 saturated carbocycles. The number of hydrogen-bond donors (Lipinski definition) is 0. The van der Waals surface area contributed by atoms with Gasteiger partial charge < -0.3 is 0 Å². The largest absolute Gasteiger partial charge is 0.255 e.